The first-order valence-electron chi connectivity index (χ1n) is 6.58. The number of morpholine rings is 1. The molecule has 0 bridgehead atoms. The minimum absolute atomic E-state index is 0.521. The van der Waals surface area contributed by atoms with Crippen LogP contribution in [0.15, 0.2) is 18.2 Å². The van der Waals surface area contributed by atoms with Gasteiger partial charge in [-0.25, -0.2) is 4.79 Å². The summed E-state index contributed by atoms with van der Waals surface area (Å²) in [5, 5.41) is 5.72. The van der Waals surface area contributed by atoms with Gasteiger partial charge in [-0.3, -0.25) is 0 Å². The summed E-state index contributed by atoms with van der Waals surface area (Å²) in [7, 11) is 0. The molecule has 5 nitrogen and oxygen atoms in total. The molecule has 1 aromatic rings. The summed E-state index contributed by atoms with van der Waals surface area (Å²) in [5.74, 6) is 0. The van der Waals surface area contributed by atoms with Crippen LogP contribution in [0, 0.1) is 6.92 Å². The van der Waals surface area contributed by atoms with Crippen LogP contribution in [0.3, 0.4) is 0 Å². The zero-order valence-corrected chi connectivity index (χ0v) is 11.7. The lowest BCUT2D eigenvalue weighted by atomic mass is 10.1. The van der Waals surface area contributed by atoms with Crippen LogP contribution in [-0.4, -0.2) is 32.3 Å². The van der Waals surface area contributed by atoms with E-state index in [1.165, 1.54) is 5.56 Å². The van der Waals surface area contributed by atoms with Crippen LogP contribution >= 0.6 is 0 Å². The second kappa shape index (κ2) is 8.50. The van der Waals surface area contributed by atoms with E-state index in [-0.39, 0.29) is 0 Å². The van der Waals surface area contributed by atoms with Crippen molar-refractivity contribution in [1.82, 2.24) is 5.32 Å². The Hall–Kier alpha value is -1.59. The summed E-state index contributed by atoms with van der Waals surface area (Å²) < 4.78 is 5.01. The number of benzene rings is 1. The first-order valence-corrected chi connectivity index (χ1v) is 6.58. The molecule has 19 heavy (non-hydrogen) atoms. The number of nitrogens with one attached hydrogen (secondary N) is 2. The standard InChI is InChI=1S/C10H14N2O.C4H9NO/c1-3-8-4-5-9(7(2)6-8)12-10(11)13;1-3-6-4-2-5-1/h4-6H,3H2,1-2H3,(H3,11,12,13);5H,1-4H2. The topological polar surface area (TPSA) is 76.4 Å². The fourth-order valence-electron chi connectivity index (χ4n) is 1.73. The number of carbonyl (C=O) groups excluding carboxylic acids is 1. The average molecular weight is 265 g/mol. The van der Waals surface area contributed by atoms with E-state index in [4.69, 9.17) is 10.5 Å². The number of hydrogen-bond donors (Lipinski definition) is 3. The lowest BCUT2D eigenvalue weighted by Crippen LogP contribution is -2.30. The van der Waals surface area contributed by atoms with Crippen LogP contribution in [0.25, 0.3) is 0 Å². The van der Waals surface area contributed by atoms with Gasteiger partial charge in [0.15, 0.2) is 0 Å². The maximum Gasteiger partial charge on any atom is 0.316 e. The van der Waals surface area contributed by atoms with Crippen LogP contribution < -0.4 is 16.4 Å². The summed E-state index contributed by atoms with van der Waals surface area (Å²) in [6, 6.07) is 5.38. The molecule has 1 fully saturated rings. The number of carbonyl (C=O) groups is 1. The predicted octanol–water partition coefficient (Wildman–Crippen LogP) is 1.65. The first-order chi connectivity index (χ1) is 9.13. The number of amides is 2. The zero-order chi connectivity index (χ0) is 14.1. The largest absolute Gasteiger partial charge is 0.379 e. The molecule has 1 saturated heterocycles. The summed E-state index contributed by atoms with van der Waals surface area (Å²) in [5.41, 5.74) is 8.09. The molecule has 1 heterocycles. The molecule has 1 aromatic carbocycles. The van der Waals surface area contributed by atoms with Crippen molar-refractivity contribution in [2.24, 2.45) is 5.73 Å². The smallest absolute Gasteiger partial charge is 0.316 e. The van der Waals surface area contributed by atoms with Crippen molar-refractivity contribution in [3.05, 3.63) is 29.3 Å². The Bertz CT molecular complexity index is 392. The molecule has 106 valence electrons. The first kappa shape index (κ1) is 15.5. The Morgan fingerprint density at radius 3 is 2.47 bits per heavy atom. The summed E-state index contributed by atoms with van der Waals surface area (Å²) in [4.78, 5) is 10.6. The molecule has 0 aromatic heterocycles. The number of nitrogens with two attached hydrogens (primary N) is 1. The van der Waals surface area contributed by atoms with Gasteiger partial charge in [-0.15, -0.1) is 0 Å². The van der Waals surface area contributed by atoms with Crippen molar-refractivity contribution in [2.75, 3.05) is 31.6 Å². The molecule has 0 radical (unpaired) electrons. The van der Waals surface area contributed by atoms with E-state index in [0.29, 0.717) is 0 Å². The Labute approximate surface area is 114 Å². The van der Waals surface area contributed by atoms with E-state index < -0.39 is 6.03 Å². The van der Waals surface area contributed by atoms with Crippen molar-refractivity contribution in [1.29, 1.82) is 0 Å². The molecular weight excluding hydrogens is 242 g/mol. The molecular formula is C14H23N3O2. The Kier molecular flexibility index (Phi) is 6.92. The molecule has 0 atom stereocenters. The van der Waals surface area contributed by atoms with Crippen molar-refractivity contribution in [3.63, 3.8) is 0 Å². The van der Waals surface area contributed by atoms with Gasteiger partial charge in [0.25, 0.3) is 0 Å². The minimum Gasteiger partial charge on any atom is -0.379 e. The maximum absolute atomic E-state index is 10.6. The van der Waals surface area contributed by atoms with Crippen LogP contribution in [0.5, 0.6) is 0 Å². The Balaban J connectivity index is 0.000000250. The molecule has 5 heteroatoms. The highest BCUT2D eigenvalue weighted by Gasteiger charge is 2.00. The van der Waals surface area contributed by atoms with Gasteiger partial charge >= 0.3 is 6.03 Å². The molecule has 0 aliphatic carbocycles. The van der Waals surface area contributed by atoms with Gasteiger partial charge in [0, 0.05) is 18.8 Å². The number of anilines is 1. The van der Waals surface area contributed by atoms with Crippen molar-refractivity contribution in [3.8, 4) is 0 Å². The van der Waals surface area contributed by atoms with Crippen molar-refractivity contribution < 1.29 is 9.53 Å². The van der Waals surface area contributed by atoms with Gasteiger partial charge in [0.05, 0.1) is 13.2 Å². The number of aryl methyl sites for hydroxylation is 2. The monoisotopic (exact) mass is 265 g/mol. The van der Waals surface area contributed by atoms with Gasteiger partial charge in [0.2, 0.25) is 0 Å². The molecule has 1 aliphatic heterocycles. The number of ether oxygens (including phenoxy) is 1. The van der Waals surface area contributed by atoms with Crippen molar-refractivity contribution in [2.45, 2.75) is 20.3 Å². The number of hydrogen-bond acceptors (Lipinski definition) is 3. The van der Waals surface area contributed by atoms with Crippen LogP contribution in [0.2, 0.25) is 0 Å². The Morgan fingerprint density at radius 1 is 1.42 bits per heavy atom. The lowest BCUT2D eigenvalue weighted by molar-refractivity contribution is 0.109. The summed E-state index contributed by atoms with van der Waals surface area (Å²) in [6.45, 7) is 7.88. The zero-order valence-electron chi connectivity index (χ0n) is 11.7. The second-order valence-electron chi connectivity index (χ2n) is 4.35. The maximum atomic E-state index is 10.6. The van der Waals surface area contributed by atoms with E-state index in [2.05, 4.69) is 17.6 Å². The van der Waals surface area contributed by atoms with Crippen molar-refractivity contribution >= 4 is 11.7 Å². The highest BCUT2D eigenvalue weighted by Crippen LogP contribution is 2.16. The van der Waals surface area contributed by atoms with Gasteiger partial charge in [-0.1, -0.05) is 19.1 Å². The molecule has 0 unspecified atom stereocenters. The molecule has 4 N–H and O–H groups in total. The van der Waals surface area contributed by atoms with Gasteiger partial charge in [-0.2, -0.15) is 0 Å². The fourth-order valence-corrected chi connectivity index (χ4v) is 1.73. The van der Waals surface area contributed by atoms with Crippen LogP contribution in [-0.2, 0) is 11.2 Å². The third-order valence-electron chi connectivity index (χ3n) is 2.80. The third kappa shape index (κ3) is 6.22. The highest BCUT2D eigenvalue weighted by molar-refractivity contribution is 5.88. The summed E-state index contributed by atoms with van der Waals surface area (Å²) in [6.07, 6.45) is 0.998. The number of rotatable bonds is 2. The van der Waals surface area contributed by atoms with Gasteiger partial charge < -0.3 is 21.1 Å². The van der Waals surface area contributed by atoms with E-state index in [0.717, 1.165) is 44.0 Å². The highest BCUT2D eigenvalue weighted by atomic mass is 16.5. The fraction of sp³-hybridized carbons (Fsp3) is 0.500. The minimum atomic E-state index is -0.521. The van der Waals surface area contributed by atoms with E-state index >= 15 is 0 Å². The molecule has 2 rings (SSSR count). The van der Waals surface area contributed by atoms with Gasteiger partial charge in [0.1, 0.15) is 0 Å². The average Bonchev–Trinajstić information content (AvgIpc) is 2.43. The van der Waals surface area contributed by atoms with Crippen LogP contribution in [0.1, 0.15) is 18.1 Å². The number of urea groups is 1. The molecule has 2 amide bonds. The molecule has 0 spiro atoms. The van der Waals surface area contributed by atoms with E-state index in [1.807, 2.05) is 25.1 Å². The predicted molar refractivity (Wildman–Crippen MR) is 77.5 cm³/mol. The van der Waals surface area contributed by atoms with E-state index in [9.17, 15) is 4.79 Å². The lowest BCUT2D eigenvalue weighted by Gasteiger charge is -2.10. The molecule has 1 aliphatic rings. The third-order valence-corrected chi connectivity index (χ3v) is 2.80. The summed E-state index contributed by atoms with van der Waals surface area (Å²) >= 11 is 0. The SMILES string of the molecule is C1COCCN1.CCc1ccc(NC(N)=O)c(C)c1. The second-order valence-corrected chi connectivity index (χ2v) is 4.35. The quantitative estimate of drug-likeness (QED) is 0.761. The Morgan fingerprint density at radius 2 is 2.11 bits per heavy atom. The number of primary amides is 1. The normalized spacial score (nSPS) is 14.2. The molecule has 0 saturated carbocycles. The van der Waals surface area contributed by atoms with Crippen LogP contribution in [0.4, 0.5) is 10.5 Å². The van der Waals surface area contributed by atoms with Gasteiger partial charge in [-0.05, 0) is 30.5 Å². The van der Waals surface area contributed by atoms with E-state index in [1.54, 1.807) is 0 Å².